The van der Waals surface area contributed by atoms with Crippen molar-refractivity contribution >= 4 is 17.9 Å². The lowest BCUT2D eigenvalue weighted by Crippen LogP contribution is -2.30. The minimum Gasteiger partial charge on any atom is -0.462 e. The SMILES string of the molecule is CC/C=C\C/C=C\C/C=C\CCCCCCCC(=O)OC(COC(=O)CCCCCCCCCC)COC(=O)CCCCCCCCCCCCCCCCCCCCCCCCCCCCCCCCCCC. The smallest absolute Gasteiger partial charge is 0.306 e. The molecule has 0 amide bonds. The number of unbranched alkanes of at least 4 members (excludes halogenated alkanes) is 44. The Morgan fingerprint density at radius 3 is 0.824 bits per heavy atom. The second-order valence-corrected chi connectivity index (χ2v) is 22.4. The Labute approximate surface area is 461 Å². The molecule has 0 aromatic rings. The topological polar surface area (TPSA) is 78.9 Å². The predicted octanol–water partition coefficient (Wildman–Crippen LogP) is 22.4. The highest BCUT2D eigenvalue weighted by atomic mass is 16.6. The van der Waals surface area contributed by atoms with Gasteiger partial charge >= 0.3 is 17.9 Å². The average Bonchev–Trinajstić information content (AvgIpc) is 3.40. The van der Waals surface area contributed by atoms with Gasteiger partial charge in [0.1, 0.15) is 13.2 Å². The van der Waals surface area contributed by atoms with Gasteiger partial charge in [0.25, 0.3) is 0 Å². The van der Waals surface area contributed by atoms with Gasteiger partial charge < -0.3 is 14.2 Å². The molecule has 6 nitrogen and oxygen atoms in total. The molecule has 0 spiro atoms. The Hall–Kier alpha value is -2.37. The molecular weight excluding hydrogens is 913 g/mol. The molecule has 1 unspecified atom stereocenters. The van der Waals surface area contributed by atoms with E-state index in [1.165, 1.54) is 225 Å². The van der Waals surface area contributed by atoms with Gasteiger partial charge in [0.15, 0.2) is 6.10 Å². The van der Waals surface area contributed by atoms with E-state index < -0.39 is 6.10 Å². The van der Waals surface area contributed by atoms with Gasteiger partial charge in [0.05, 0.1) is 0 Å². The highest BCUT2D eigenvalue weighted by Gasteiger charge is 2.19. The lowest BCUT2D eigenvalue weighted by Gasteiger charge is -2.18. The molecule has 0 bridgehead atoms. The van der Waals surface area contributed by atoms with Crippen LogP contribution in [0.5, 0.6) is 0 Å². The number of ether oxygens (including phenoxy) is 3. The molecule has 0 rings (SSSR count). The molecule has 0 aliphatic heterocycles. The maximum Gasteiger partial charge on any atom is 0.306 e. The monoisotopic (exact) mass is 1040 g/mol. The number of hydrogen-bond acceptors (Lipinski definition) is 6. The van der Waals surface area contributed by atoms with E-state index >= 15 is 0 Å². The molecule has 6 heteroatoms. The van der Waals surface area contributed by atoms with Crippen molar-refractivity contribution in [3.63, 3.8) is 0 Å². The first-order chi connectivity index (χ1) is 36.5. The van der Waals surface area contributed by atoms with E-state index in [0.29, 0.717) is 19.3 Å². The van der Waals surface area contributed by atoms with Crippen LogP contribution in [0.3, 0.4) is 0 Å². The van der Waals surface area contributed by atoms with E-state index in [9.17, 15) is 14.4 Å². The maximum atomic E-state index is 12.8. The van der Waals surface area contributed by atoms with Crippen molar-refractivity contribution in [1.29, 1.82) is 0 Å². The van der Waals surface area contributed by atoms with E-state index in [0.717, 1.165) is 96.3 Å². The summed E-state index contributed by atoms with van der Waals surface area (Å²) in [4.78, 5) is 38.0. The van der Waals surface area contributed by atoms with E-state index in [2.05, 4.69) is 57.2 Å². The molecule has 0 radical (unpaired) electrons. The van der Waals surface area contributed by atoms with E-state index in [4.69, 9.17) is 14.2 Å². The summed E-state index contributed by atoms with van der Waals surface area (Å²) < 4.78 is 16.8. The Balaban J connectivity index is 3.96. The van der Waals surface area contributed by atoms with Crippen LogP contribution < -0.4 is 0 Å². The van der Waals surface area contributed by atoms with Crippen molar-refractivity contribution < 1.29 is 28.6 Å². The molecule has 0 fully saturated rings. The number of rotatable bonds is 61. The third kappa shape index (κ3) is 60.5. The van der Waals surface area contributed by atoms with Crippen LogP contribution in [0.2, 0.25) is 0 Å². The van der Waals surface area contributed by atoms with Gasteiger partial charge in [-0.25, -0.2) is 0 Å². The van der Waals surface area contributed by atoms with Crippen LogP contribution in [0.1, 0.15) is 361 Å². The van der Waals surface area contributed by atoms with Gasteiger partial charge in [-0.3, -0.25) is 14.4 Å². The van der Waals surface area contributed by atoms with Crippen LogP contribution in [0, 0.1) is 0 Å². The molecule has 0 saturated heterocycles. The summed E-state index contributed by atoms with van der Waals surface area (Å²) in [5, 5.41) is 0. The van der Waals surface area contributed by atoms with Crippen molar-refractivity contribution in [1.82, 2.24) is 0 Å². The van der Waals surface area contributed by atoms with Crippen LogP contribution in [0.15, 0.2) is 36.5 Å². The standard InChI is InChI=1S/C68H126O6/c1-4-7-10-13-16-19-21-23-25-26-27-28-29-30-31-32-33-34-35-36-37-38-39-40-41-42-44-45-47-49-52-55-58-61-67(70)73-64-65(63-72-66(69)60-57-54-51-18-15-12-9-6-3)74-68(71)62-59-56-53-50-48-46-43-24-22-20-17-14-11-8-5-2/h8,11,17,20,24,43,65H,4-7,9-10,12-16,18-19,21-23,25-42,44-64H2,1-3H3/b11-8-,20-17-,43-24-. The molecule has 0 aromatic carbocycles. The Morgan fingerprint density at radius 1 is 0.284 bits per heavy atom. The van der Waals surface area contributed by atoms with E-state index in [1.54, 1.807) is 0 Å². The zero-order chi connectivity index (χ0) is 53.6. The summed E-state index contributed by atoms with van der Waals surface area (Å²) in [5.41, 5.74) is 0. The third-order valence-corrected chi connectivity index (χ3v) is 14.9. The van der Waals surface area contributed by atoms with Crippen LogP contribution in [0.4, 0.5) is 0 Å². The Kier molecular flexibility index (Phi) is 61.1. The number of allylic oxidation sites excluding steroid dienone is 6. The van der Waals surface area contributed by atoms with E-state index in [-0.39, 0.29) is 31.1 Å². The first-order valence-corrected chi connectivity index (χ1v) is 33.0. The maximum absolute atomic E-state index is 12.8. The second kappa shape index (κ2) is 63.2. The van der Waals surface area contributed by atoms with Crippen LogP contribution in [-0.4, -0.2) is 37.2 Å². The third-order valence-electron chi connectivity index (χ3n) is 14.9. The van der Waals surface area contributed by atoms with Crippen LogP contribution in [0.25, 0.3) is 0 Å². The largest absolute Gasteiger partial charge is 0.462 e. The molecule has 0 saturated carbocycles. The highest BCUT2D eigenvalue weighted by molar-refractivity contribution is 5.71. The molecule has 74 heavy (non-hydrogen) atoms. The molecule has 434 valence electrons. The van der Waals surface area contributed by atoms with Crippen molar-refractivity contribution in [3.8, 4) is 0 Å². The van der Waals surface area contributed by atoms with Crippen LogP contribution in [-0.2, 0) is 28.6 Å². The van der Waals surface area contributed by atoms with Gasteiger partial charge in [0.2, 0.25) is 0 Å². The number of hydrogen-bond donors (Lipinski definition) is 0. The first kappa shape index (κ1) is 71.6. The molecule has 1 atom stereocenters. The van der Waals surface area contributed by atoms with Gasteiger partial charge in [0, 0.05) is 19.3 Å². The minimum absolute atomic E-state index is 0.0749. The number of esters is 3. The molecular formula is C68H126O6. The zero-order valence-electron chi connectivity index (χ0n) is 49.9. The quantitative estimate of drug-likeness (QED) is 0.0261. The van der Waals surface area contributed by atoms with Gasteiger partial charge in [-0.05, 0) is 51.4 Å². The second-order valence-electron chi connectivity index (χ2n) is 22.4. The van der Waals surface area contributed by atoms with Crippen molar-refractivity contribution in [3.05, 3.63) is 36.5 Å². The van der Waals surface area contributed by atoms with Crippen molar-refractivity contribution in [2.24, 2.45) is 0 Å². The fourth-order valence-corrected chi connectivity index (χ4v) is 9.99. The average molecular weight is 1040 g/mol. The lowest BCUT2D eigenvalue weighted by molar-refractivity contribution is -0.167. The fourth-order valence-electron chi connectivity index (χ4n) is 9.99. The fraction of sp³-hybridized carbons (Fsp3) is 0.868. The highest BCUT2D eigenvalue weighted by Crippen LogP contribution is 2.18. The summed E-state index contributed by atoms with van der Waals surface area (Å²) >= 11 is 0. The lowest BCUT2D eigenvalue weighted by atomic mass is 10.0. The van der Waals surface area contributed by atoms with Crippen molar-refractivity contribution in [2.75, 3.05) is 13.2 Å². The number of carbonyl (C=O) groups is 3. The molecule has 0 aliphatic rings. The van der Waals surface area contributed by atoms with E-state index in [1.807, 2.05) is 0 Å². The molecule has 0 aliphatic carbocycles. The van der Waals surface area contributed by atoms with Gasteiger partial charge in [-0.15, -0.1) is 0 Å². The summed E-state index contributed by atoms with van der Waals surface area (Å²) in [6.45, 7) is 6.53. The summed E-state index contributed by atoms with van der Waals surface area (Å²) in [6, 6.07) is 0. The van der Waals surface area contributed by atoms with Crippen molar-refractivity contribution in [2.45, 2.75) is 367 Å². The van der Waals surface area contributed by atoms with Gasteiger partial charge in [-0.1, -0.05) is 327 Å². The predicted molar refractivity (Wildman–Crippen MR) is 321 cm³/mol. The Morgan fingerprint density at radius 2 is 0.527 bits per heavy atom. The summed E-state index contributed by atoms with van der Waals surface area (Å²) in [7, 11) is 0. The summed E-state index contributed by atoms with van der Waals surface area (Å²) in [5.74, 6) is -0.878. The number of carbonyl (C=O) groups excluding carboxylic acids is 3. The minimum atomic E-state index is -0.776. The Bertz CT molecular complexity index is 1240. The molecule has 0 heterocycles. The zero-order valence-corrected chi connectivity index (χ0v) is 49.9. The first-order valence-electron chi connectivity index (χ1n) is 33.0. The van der Waals surface area contributed by atoms with Crippen LogP contribution >= 0.6 is 0 Å². The normalized spacial score (nSPS) is 12.2. The molecule has 0 aromatic heterocycles. The molecule has 0 N–H and O–H groups in total. The van der Waals surface area contributed by atoms with Gasteiger partial charge in [-0.2, -0.15) is 0 Å². The summed E-state index contributed by atoms with van der Waals surface area (Å²) in [6.07, 6.45) is 77.8.